The van der Waals surface area contributed by atoms with Crippen molar-refractivity contribution in [2.24, 2.45) is 0 Å². The Hall–Kier alpha value is -2.38. The summed E-state index contributed by atoms with van der Waals surface area (Å²) >= 11 is 5.86. The molecule has 0 unspecified atom stereocenters. The lowest BCUT2D eigenvalue weighted by Crippen LogP contribution is -2.13. The maximum absolute atomic E-state index is 12.9. The third-order valence-electron chi connectivity index (χ3n) is 3.93. The first-order valence-corrected chi connectivity index (χ1v) is 10.0. The normalized spacial score (nSPS) is 11.5. The molecule has 0 saturated heterocycles. The van der Waals surface area contributed by atoms with Crippen molar-refractivity contribution in [2.45, 2.75) is 24.4 Å². The number of para-hydroxylation sites is 1. The van der Waals surface area contributed by atoms with Gasteiger partial charge in [-0.2, -0.15) is 0 Å². The first kappa shape index (κ1) is 18.4. The number of rotatable bonds is 6. The van der Waals surface area contributed by atoms with Crippen molar-refractivity contribution in [3.8, 4) is 17.1 Å². The van der Waals surface area contributed by atoms with Crippen molar-refractivity contribution in [1.29, 1.82) is 0 Å². The maximum atomic E-state index is 12.9. The van der Waals surface area contributed by atoms with Crippen LogP contribution in [0.5, 0.6) is 5.75 Å². The van der Waals surface area contributed by atoms with Gasteiger partial charge in [-0.1, -0.05) is 35.9 Å². The highest BCUT2D eigenvalue weighted by Gasteiger charge is 2.26. The van der Waals surface area contributed by atoms with Gasteiger partial charge in [-0.25, -0.2) is 8.42 Å². The van der Waals surface area contributed by atoms with E-state index in [1.807, 2.05) is 25.1 Å². The van der Waals surface area contributed by atoms with Gasteiger partial charge in [0, 0.05) is 11.6 Å². The number of nitrogens with zero attached hydrogens (tertiary/aromatic N) is 3. The Morgan fingerprint density at radius 1 is 1.08 bits per heavy atom. The fourth-order valence-electron chi connectivity index (χ4n) is 2.70. The summed E-state index contributed by atoms with van der Waals surface area (Å²) in [6.07, 6.45) is 0. The number of sulfone groups is 1. The minimum Gasteiger partial charge on any atom is -0.496 e. The lowest BCUT2D eigenvalue weighted by Gasteiger charge is -2.11. The van der Waals surface area contributed by atoms with Crippen LogP contribution in [0.1, 0.15) is 12.5 Å². The number of methoxy groups -OCH3 is 1. The lowest BCUT2D eigenvalue weighted by molar-refractivity contribution is 0.415. The number of aromatic nitrogens is 3. The molecule has 3 aromatic rings. The van der Waals surface area contributed by atoms with Crippen molar-refractivity contribution >= 4 is 21.4 Å². The second kappa shape index (κ2) is 7.47. The van der Waals surface area contributed by atoms with E-state index in [9.17, 15) is 8.42 Å². The Kier molecular flexibility index (Phi) is 5.29. The predicted molar refractivity (Wildman–Crippen MR) is 100 cm³/mol. The fraction of sp³-hybridized carbons (Fsp3) is 0.222. The van der Waals surface area contributed by atoms with Gasteiger partial charge in [-0.15, -0.1) is 10.2 Å². The van der Waals surface area contributed by atoms with Gasteiger partial charge in [-0.3, -0.25) is 4.57 Å². The first-order valence-electron chi connectivity index (χ1n) is 8.00. The average Bonchev–Trinajstić information content (AvgIpc) is 3.08. The van der Waals surface area contributed by atoms with Crippen LogP contribution >= 0.6 is 11.6 Å². The molecule has 136 valence electrons. The second-order valence-corrected chi connectivity index (χ2v) is 7.96. The molecule has 0 aliphatic heterocycles. The highest BCUT2D eigenvalue weighted by Crippen LogP contribution is 2.30. The third-order valence-corrected chi connectivity index (χ3v) is 5.75. The van der Waals surface area contributed by atoms with E-state index in [1.165, 1.54) is 0 Å². The molecule has 3 rings (SSSR count). The van der Waals surface area contributed by atoms with E-state index < -0.39 is 9.84 Å². The summed E-state index contributed by atoms with van der Waals surface area (Å²) in [4.78, 5) is 0. The van der Waals surface area contributed by atoms with Gasteiger partial charge in [0.05, 0.1) is 18.4 Å². The summed E-state index contributed by atoms with van der Waals surface area (Å²) in [6, 6.07) is 14.0. The summed E-state index contributed by atoms with van der Waals surface area (Å²) in [5.41, 5.74) is 1.33. The lowest BCUT2D eigenvalue weighted by atomic mass is 10.2. The number of hydrogen-bond donors (Lipinski definition) is 0. The Bertz CT molecular complexity index is 1010. The van der Waals surface area contributed by atoms with Gasteiger partial charge in [0.1, 0.15) is 5.75 Å². The smallest absolute Gasteiger partial charge is 0.250 e. The molecule has 0 spiro atoms. The summed E-state index contributed by atoms with van der Waals surface area (Å²) in [5.74, 6) is 0.893. The molecule has 8 heteroatoms. The monoisotopic (exact) mass is 391 g/mol. The molecule has 0 amide bonds. The number of ether oxygens (including phenoxy) is 1. The van der Waals surface area contributed by atoms with E-state index in [0.29, 0.717) is 34.3 Å². The zero-order chi connectivity index (χ0) is 18.7. The number of halogens is 1. The third kappa shape index (κ3) is 3.59. The first-order chi connectivity index (χ1) is 12.5. The van der Waals surface area contributed by atoms with Crippen LogP contribution in [0, 0.1) is 0 Å². The summed E-state index contributed by atoms with van der Waals surface area (Å²) in [5, 5.41) is 8.59. The molecule has 0 aliphatic carbocycles. The molecule has 6 nitrogen and oxygen atoms in total. The van der Waals surface area contributed by atoms with Gasteiger partial charge >= 0.3 is 0 Å². The highest BCUT2D eigenvalue weighted by molar-refractivity contribution is 7.90. The quantitative estimate of drug-likeness (QED) is 0.641. The van der Waals surface area contributed by atoms with Crippen molar-refractivity contribution in [3.05, 3.63) is 59.1 Å². The molecule has 1 aromatic heterocycles. The fourth-order valence-corrected chi connectivity index (χ4v) is 4.30. The van der Waals surface area contributed by atoms with E-state index in [-0.39, 0.29) is 10.9 Å². The molecule has 0 fully saturated rings. The Morgan fingerprint density at radius 2 is 1.77 bits per heavy atom. The molecular formula is C18H18ClN3O3S. The zero-order valence-electron chi connectivity index (χ0n) is 14.4. The molecule has 0 atom stereocenters. The number of benzene rings is 2. The van der Waals surface area contributed by atoms with Gasteiger partial charge in [0.15, 0.2) is 5.82 Å². The topological polar surface area (TPSA) is 74.1 Å². The molecule has 2 aromatic carbocycles. The van der Waals surface area contributed by atoms with Crippen LogP contribution in [0.25, 0.3) is 11.4 Å². The SMILES string of the molecule is CCn1c(-c2ccccc2OC)nnc1S(=O)(=O)Cc1ccc(Cl)cc1. The average molecular weight is 392 g/mol. The van der Waals surface area contributed by atoms with Crippen LogP contribution in [0.3, 0.4) is 0 Å². The van der Waals surface area contributed by atoms with Crippen molar-refractivity contribution < 1.29 is 13.2 Å². The molecular weight excluding hydrogens is 374 g/mol. The molecule has 0 saturated carbocycles. The van der Waals surface area contributed by atoms with Gasteiger partial charge in [0.25, 0.3) is 0 Å². The second-order valence-electron chi connectivity index (χ2n) is 5.64. The molecule has 0 bridgehead atoms. The van der Waals surface area contributed by atoms with Gasteiger partial charge in [0.2, 0.25) is 15.0 Å². The van der Waals surface area contributed by atoms with E-state index in [1.54, 1.807) is 42.0 Å². The van der Waals surface area contributed by atoms with Crippen molar-refractivity contribution in [1.82, 2.24) is 14.8 Å². The van der Waals surface area contributed by atoms with E-state index in [0.717, 1.165) is 0 Å². The predicted octanol–water partition coefficient (Wildman–Crippen LogP) is 3.60. The van der Waals surface area contributed by atoms with Crippen LogP contribution in [0.4, 0.5) is 0 Å². The van der Waals surface area contributed by atoms with Crippen LogP contribution in [-0.4, -0.2) is 30.3 Å². The Labute approximate surface area is 157 Å². The standard InChI is InChI=1S/C18H18ClN3O3S/c1-3-22-17(15-6-4-5-7-16(15)25-2)20-21-18(22)26(23,24)12-13-8-10-14(19)11-9-13/h4-11H,3,12H2,1-2H3. The van der Waals surface area contributed by atoms with E-state index in [4.69, 9.17) is 16.3 Å². The van der Waals surface area contributed by atoms with Crippen molar-refractivity contribution in [2.75, 3.05) is 7.11 Å². The highest BCUT2D eigenvalue weighted by atomic mass is 35.5. The van der Waals surface area contributed by atoms with E-state index in [2.05, 4.69) is 10.2 Å². The van der Waals surface area contributed by atoms with Crippen LogP contribution in [0.15, 0.2) is 53.7 Å². The maximum Gasteiger partial charge on any atom is 0.250 e. The van der Waals surface area contributed by atoms with Crippen LogP contribution in [0.2, 0.25) is 5.02 Å². The minimum absolute atomic E-state index is 0.0594. The summed E-state index contributed by atoms with van der Waals surface area (Å²) in [6.45, 7) is 2.26. The van der Waals surface area contributed by atoms with Gasteiger partial charge < -0.3 is 4.74 Å². The van der Waals surface area contributed by atoms with E-state index >= 15 is 0 Å². The van der Waals surface area contributed by atoms with Crippen LogP contribution in [-0.2, 0) is 22.1 Å². The van der Waals surface area contributed by atoms with Crippen molar-refractivity contribution in [3.63, 3.8) is 0 Å². The Morgan fingerprint density at radius 3 is 2.42 bits per heavy atom. The molecule has 0 N–H and O–H groups in total. The molecule has 0 radical (unpaired) electrons. The molecule has 26 heavy (non-hydrogen) atoms. The molecule has 1 heterocycles. The largest absolute Gasteiger partial charge is 0.496 e. The van der Waals surface area contributed by atoms with Crippen LogP contribution < -0.4 is 4.74 Å². The summed E-state index contributed by atoms with van der Waals surface area (Å²) < 4.78 is 32.7. The molecule has 0 aliphatic rings. The number of hydrogen-bond acceptors (Lipinski definition) is 5. The summed E-state index contributed by atoms with van der Waals surface area (Å²) in [7, 11) is -2.11. The minimum atomic E-state index is -3.67. The Balaban J connectivity index is 2.03. The zero-order valence-corrected chi connectivity index (χ0v) is 16.0. The van der Waals surface area contributed by atoms with Gasteiger partial charge in [-0.05, 0) is 36.8 Å².